The fourth-order valence-corrected chi connectivity index (χ4v) is 6.78. The Morgan fingerprint density at radius 3 is 1.31 bits per heavy atom. The molecule has 0 spiro atoms. The van der Waals surface area contributed by atoms with E-state index in [4.69, 9.17) is 0 Å². The van der Waals surface area contributed by atoms with E-state index in [1.54, 1.807) is 30.3 Å². The van der Waals surface area contributed by atoms with Gasteiger partial charge >= 0.3 is 0 Å². The monoisotopic (exact) mass is 446 g/mol. The molecule has 0 bridgehead atoms. The van der Waals surface area contributed by atoms with Gasteiger partial charge in [-0.3, -0.25) is 9.59 Å². The number of benzene rings is 3. The predicted octanol–water partition coefficient (Wildman–Crippen LogP) is 6.06. The summed E-state index contributed by atoms with van der Waals surface area (Å²) in [7, 11) is -3.97. The van der Waals surface area contributed by atoms with Crippen LogP contribution in [0.25, 0.3) is 0 Å². The van der Waals surface area contributed by atoms with Crippen LogP contribution >= 0.6 is 7.14 Å². The number of carbonyl (C=O) groups excluding carboxylic acids is 2. The van der Waals surface area contributed by atoms with Crippen LogP contribution in [0.4, 0.5) is 0 Å². The molecule has 3 aromatic carbocycles. The van der Waals surface area contributed by atoms with Gasteiger partial charge in [0.05, 0.1) is 0 Å². The zero-order valence-electron chi connectivity index (χ0n) is 19.8. The van der Waals surface area contributed by atoms with Crippen molar-refractivity contribution in [1.29, 1.82) is 0 Å². The summed E-state index contributed by atoms with van der Waals surface area (Å²) in [6.45, 7) is 11.8. The number of hydrogen-bond acceptors (Lipinski definition) is 3. The quantitative estimate of drug-likeness (QED) is 0.414. The van der Waals surface area contributed by atoms with Crippen LogP contribution in [0.2, 0.25) is 0 Å². The van der Waals surface area contributed by atoms with Crippen molar-refractivity contribution >= 4 is 23.5 Å². The summed E-state index contributed by atoms with van der Waals surface area (Å²) < 4.78 is 14.3. The largest absolute Gasteiger partial charge is 0.303 e. The minimum absolute atomic E-state index is 0.0122. The molecule has 0 aliphatic carbocycles. The molecule has 3 aromatic rings. The number of aryl methyl sites for hydroxylation is 6. The van der Waals surface area contributed by atoms with Crippen LogP contribution in [0.3, 0.4) is 0 Å². The summed E-state index contributed by atoms with van der Waals surface area (Å²) in [5.74, 6) is 0. The van der Waals surface area contributed by atoms with E-state index in [1.165, 1.54) is 0 Å². The van der Waals surface area contributed by atoms with Crippen LogP contribution in [0.5, 0.6) is 0 Å². The molecule has 32 heavy (non-hydrogen) atoms. The van der Waals surface area contributed by atoms with Crippen LogP contribution in [-0.4, -0.2) is 11.0 Å². The van der Waals surface area contributed by atoms with Crippen molar-refractivity contribution < 1.29 is 14.2 Å². The second-order valence-electron chi connectivity index (χ2n) is 8.84. The predicted molar refractivity (Wildman–Crippen MR) is 132 cm³/mol. The third-order valence-electron chi connectivity index (χ3n) is 6.16. The first kappa shape index (κ1) is 23.9. The molecule has 0 aliphatic rings. The van der Waals surface area contributed by atoms with Crippen molar-refractivity contribution in [3.63, 3.8) is 0 Å². The van der Waals surface area contributed by atoms with E-state index in [9.17, 15) is 14.2 Å². The first-order valence-corrected chi connectivity index (χ1v) is 12.6. The van der Waals surface area contributed by atoms with Crippen molar-refractivity contribution in [2.24, 2.45) is 0 Å². The molecule has 0 radical (unpaired) electrons. The van der Waals surface area contributed by atoms with Gasteiger partial charge < -0.3 is 4.57 Å². The summed E-state index contributed by atoms with van der Waals surface area (Å²) >= 11 is 0. The minimum atomic E-state index is -3.97. The van der Waals surface area contributed by atoms with Crippen LogP contribution in [-0.2, 0) is 27.0 Å². The summed E-state index contributed by atoms with van der Waals surface area (Å²) in [6, 6.07) is 16.6. The standard InChI is InChI=1S/C28H31O3P/c1-18-12-20(3)25(21(4)13-18)16-27(29)32(31,24-10-8-7-9-11-24)28(30)17-26-22(5)14-19(2)15-23(26)6/h7-15H,16-17H2,1-6H3. The average Bonchev–Trinajstić information content (AvgIpc) is 2.72. The van der Waals surface area contributed by atoms with Crippen LogP contribution < -0.4 is 5.30 Å². The maximum atomic E-state index is 14.3. The Morgan fingerprint density at radius 2 is 0.969 bits per heavy atom. The fourth-order valence-electron chi connectivity index (χ4n) is 4.57. The van der Waals surface area contributed by atoms with Crippen molar-refractivity contribution in [3.8, 4) is 0 Å². The van der Waals surface area contributed by atoms with E-state index in [2.05, 4.69) is 0 Å². The Labute approximate surface area is 191 Å². The molecule has 3 rings (SSSR count). The number of carbonyl (C=O) groups is 2. The maximum Gasteiger partial charge on any atom is 0.239 e. The Hall–Kier alpha value is -2.77. The minimum Gasteiger partial charge on any atom is -0.303 e. The van der Waals surface area contributed by atoms with Crippen LogP contribution in [0, 0.1) is 41.5 Å². The molecule has 0 N–H and O–H groups in total. The van der Waals surface area contributed by atoms with Gasteiger partial charge in [-0.2, -0.15) is 0 Å². The average molecular weight is 447 g/mol. The molecule has 4 heteroatoms. The molecular formula is C28H31O3P. The molecule has 0 saturated heterocycles. The summed E-state index contributed by atoms with van der Waals surface area (Å²) in [5.41, 5.74) is 6.87. The number of hydrogen-bond donors (Lipinski definition) is 0. The van der Waals surface area contributed by atoms with Gasteiger partial charge in [-0.1, -0.05) is 65.7 Å². The zero-order valence-corrected chi connectivity index (χ0v) is 20.7. The summed E-state index contributed by atoms with van der Waals surface area (Å²) in [4.78, 5) is 27.2. The molecule has 0 heterocycles. The van der Waals surface area contributed by atoms with E-state index in [-0.39, 0.29) is 12.8 Å². The molecule has 0 aromatic heterocycles. The first-order chi connectivity index (χ1) is 15.0. The zero-order chi connectivity index (χ0) is 23.6. The SMILES string of the molecule is Cc1cc(C)c(CC(=O)P(=O)(C(=O)Cc2c(C)cc(C)cc2C)c2ccccc2)c(C)c1. The fraction of sp³-hybridized carbons (Fsp3) is 0.286. The normalized spacial score (nSPS) is 11.4. The van der Waals surface area contributed by atoms with Gasteiger partial charge in [0.1, 0.15) is 0 Å². The lowest BCUT2D eigenvalue weighted by Gasteiger charge is -2.19. The first-order valence-electron chi connectivity index (χ1n) is 10.9. The molecular weight excluding hydrogens is 415 g/mol. The smallest absolute Gasteiger partial charge is 0.239 e. The lowest BCUT2D eigenvalue weighted by atomic mass is 9.98. The van der Waals surface area contributed by atoms with E-state index in [1.807, 2.05) is 65.8 Å². The van der Waals surface area contributed by atoms with E-state index >= 15 is 0 Å². The highest BCUT2D eigenvalue weighted by Gasteiger charge is 2.41. The summed E-state index contributed by atoms with van der Waals surface area (Å²) in [6.07, 6.45) is -0.0244. The van der Waals surface area contributed by atoms with Crippen LogP contribution in [0.15, 0.2) is 54.6 Å². The molecule has 0 saturated carbocycles. The molecule has 0 unspecified atom stereocenters. The van der Waals surface area contributed by atoms with Gasteiger partial charge in [-0.05, 0) is 74.9 Å². The van der Waals surface area contributed by atoms with Gasteiger partial charge in [0.25, 0.3) is 0 Å². The second kappa shape index (κ2) is 9.38. The van der Waals surface area contributed by atoms with Gasteiger partial charge in [-0.15, -0.1) is 0 Å². The summed E-state index contributed by atoms with van der Waals surface area (Å²) in [5, 5.41) is 0.319. The molecule has 0 fully saturated rings. The van der Waals surface area contributed by atoms with Gasteiger partial charge in [0.2, 0.25) is 18.2 Å². The molecule has 166 valence electrons. The van der Waals surface area contributed by atoms with Crippen LogP contribution in [0.1, 0.15) is 44.5 Å². The van der Waals surface area contributed by atoms with E-state index < -0.39 is 18.2 Å². The van der Waals surface area contributed by atoms with E-state index in [0.29, 0.717) is 5.30 Å². The van der Waals surface area contributed by atoms with Crippen molar-refractivity contribution in [2.75, 3.05) is 0 Å². The Bertz CT molecular complexity index is 1120. The van der Waals surface area contributed by atoms with Crippen molar-refractivity contribution in [3.05, 3.63) is 99.1 Å². The van der Waals surface area contributed by atoms with Gasteiger partial charge in [0.15, 0.2) is 0 Å². The van der Waals surface area contributed by atoms with Gasteiger partial charge in [-0.25, -0.2) is 0 Å². The molecule has 3 nitrogen and oxygen atoms in total. The second-order valence-corrected chi connectivity index (χ2v) is 11.6. The topological polar surface area (TPSA) is 51.2 Å². The Morgan fingerprint density at radius 1 is 0.625 bits per heavy atom. The third-order valence-corrected chi connectivity index (χ3v) is 8.91. The Kier molecular flexibility index (Phi) is 7.00. The maximum absolute atomic E-state index is 14.3. The molecule has 0 aliphatic heterocycles. The van der Waals surface area contributed by atoms with E-state index in [0.717, 1.165) is 44.5 Å². The third kappa shape index (κ3) is 4.69. The Balaban J connectivity index is 2.05. The lowest BCUT2D eigenvalue weighted by Crippen LogP contribution is -2.23. The number of rotatable bonds is 7. The highest BCUT2D eigenvalue weighted by molar-refractivity contribution is 8.00. The highest BCUT2D eigenvalue weighted by atomic mass is 31.2. The van der Waals surface area contributed by atoms with Gasteiger partial charge in [0, 0.05) is 18.1 Å². The van der Waals surface area contributed by atoms with Crippen molar-refractivity contribution in [1.82, 2.24) is 0 Å². The molecule has 0 amide bonds. The highest BCUT2D eigenvalue weighted by Crippen LogP contribution is 2.48. The molecule has 0 atom stereocenters. The van der Waals surface area contributed by atoms with Crippen molar-refractivity contribution in [2.45, 2.75) is 54.4 Å². The lowest BCUT2D eigenvalue weighted by molar-refractivity contribution is -0.114.